The number of aromatic nitrogens is 1. The molecule has 0 atom stereocenters. The van der Waals surface area contributed by atoms with Gasteiger partial charge in [0.2, 0.25) is 0 Å². The van der Waals surface area contributed by atoms with Crippen molar-refractivity contribution in [3.8, 4) is 11.8 Å². The molecular formula is C19H14N2O3. The lowest BCUT2D eigenvalue weighted by molar-refractivity contribution is -0.147. The van der Waals surface area contributed by atoms with Gasteiger partial charge in [-0.25, -0.2) is 4.79 Å². The third-order valence-electron chi connectivity index (χ3n) is 3.46. The Morgan fingerprint density at radius 1 is 1.08 bits per heavy atom. The molecule has 0 spiro atoms. The number of hydrogen-bond donors (Lipinski definition) is 0. The van der Waals surface area contributed by atoms with E-state index in [2.05, 4.69) is 4.98 Å². The van der Waals surface area contributed by atoms with Crippen LogP contribution in [0.2, 0.25) is 0 Å². The van der Waals surface area contributed by atoms with Gasteiger partial charge in [0.25, 0.3) is 0 Å². The summed E-state index contributed by atoms with van der Waals surface area (Å²) >= 11 is 0. The van der Waals surface area contributed by atoms with Crippen LogP contribution in [0.15, 0.2) is 60.8 Å². The summed E-state index contributed by atoms with van der Waals surface area (Å²) in [4.78, 5) is 16.2. The molecular weight excluding hydrogens is 304 g/mol. The van der Waals surface area contributed by atoms with Gasteiger partial charge in [0.1, 0.15) is 18.4 Å². The first-order valence-electron chi connectivity index (χ1n) is 7.38. The maximum Gasteiger partial charge on any atom is 0.344 e. The molecule has 0 unspecified atom stereocenters. The highest BCUT2D eigenvalue weighted by atomic mass is 16.6. The number of rotatable bonds is 5. The van der Waals surface area contributed by atoms with Gasteiger partial charge in [0.05, 0.1) is 11.1 Å². The number of nitriles is 1. The van der Waals surface area contributed by atoms with Gasteiger partial charge in [-0.3, -0.25) is 4.98 Å². The molecule has 0 saturated carbocycles. The van der Waals surface area contributed by atoms with Crippen LogP contribution < -0.4 is 4.74 Å². The van der Waals surface area contributed by atoms with Crippen LogP contribution in [-0.2, 0) is 16.1 Å². The topological polar surface area (TPSA) is 72.2 Å². The number of ether oxygens (including phenoxy) is 2. The van der Waals surface area contributed by atoms with Crippen LogP contribution in [0.4, 0.5) is 0 Å². The Balaban J connectivity index is 1.60. The molecule has 5 heteroatoms. The Morgan fingerprint density at radius 2 is 1.92 bits per heavy atom. The summed E-state index contributed by atoms with van der Waals surface area (Å²) in [7, 11) is 0. The number of fused-ring (bicyclic) bond motifs is 1. The van der Waals surface area contributed by atoms with Crippen LogP contribution in [-0.4, -0.2) is 17.6 Å². The van der Waals surface area contributed by atoms with E-state index in [4.69, 9.17) is 14.7 Å². The van der Waals surface area contributed by atoms with Gasteiger partial charge in [-0.15, -0.1) is 0 Å². The second kappa shape index (κ2) is 7.25. The van der Waals surface area contributed by atoms with Crippen LogP contribution >= 0.6 is 0 Å². The number of carbonyl (C=O) groups is 1. The van der Waals surface area contributed by atoms with Crippen LogP contribution in [0.25, 0.3) is 10.9 Å². The molecule has 0 amide bonds. The Hall–Kier alpha value is -3.39. The van der Waals surface area contributed by atoms with Crippen molar-refractivity contribution in [2.24, 2.45) is 0 Å². The molecule has 5 nitrogen and oxygen atoms in total. The van der Waals surface area contributed by atoms with E-state index in [9.17, 15) is 4.79 Å². The molecule has 0 radical (unpaired) electrons. The Bertz CT molecular complexity index is 910. The van der Waals surface area contributed by atoms with Crippen molar-refractivity contribution in [1.82, 2.24) is 4.98 Å². The van der Waals surface area contributed by atoms with Crippen LogP contribution in [0.1, 0.15) is 11.1 Å². The second-order valence-corrected chi connectivity index (χ2v) is 5.05. The molecule has 3 aromatic rings. The number of carbonyl (C=O) groups excluding carboxylic acids is 1. The van der Waals surface area contributed by atoms with Crippen molar-refractivity contribution < 1.29 is 14.3 Å². The molecule has 0 bridgehead atoms. The van der Waals surface area contributed by atoms with Gasteiger partial charge >= 0.3 is 5.97 Å². The highest BCUT2D eigenvalue weighted by Gasteiger charge is 2.09. The van der Waals surface area contributed by atoms with Crippen molar-refractivity contribution in [1.29, 1.82) is 5.26 Å². The molecule has 0 fully saturated rings. The summed E-state index contributed by atoms with van der Waals surface area (Å²) in [6.07, 6.45) is 1.70. The SMILES string of the molecule is N#Cc1ccccc1OCC(=O)OCc1cccc2cccnc12. The smallest absolute Gasteiger partial charge is 0.344 e. The Labute approximate surface area is 139 Å². The largest absolute Gasteiger partial charge is 0.481 e. The van der Waals surface area contributed by atoms with Gasteiger partial charge < -0.3 is 9.47 Å². The minimum Gasteiger partial charge on any atom is -0.481 e. The predicted octanol–water partition coefficient (Wildman–Crippen LogP) is 3.23. The monoisotopic (exact) mass is 318 g/mol. The zero-order chi connectivity index (χ0) is 16.8. The van der Waals surface area contributed by atoms with E-state index in [0.29, 0.717) is 11.3 Å². The summed E-state index contributed by atoms with van der Waals surface area (Å²) in [5.41, 5.74) is 2.02. The molecule has 0 aliphatic heterocycles. The minimum atomic E-state index is -0.504. The van der Waals surface area contributed by atoms with Crippen LogP contribution in [0.3, 0.4) is 0 Å². The number of para-hydroxylation sites is 2. The number of hydrogen-bond acceptors (Lipinski definition) is 5. The number of nitrogens with zero attached hydrogens (tertiary/aromatic N) is 2. The molecule has 118 valence electrons. The quantitative estimate of drug-likeness (QED) is 0.675. The number of esters is 1. The Kier molecular flexibility index (Phi) is 4.68. The molecule has 0 aliphatic carbocycles. The third-order valence-corrected chi connectivity index (χ3v) is 3.46. The molecule has 1 heterocycles. The fourth-order valence-electron chi connectivity index (χ4n) is 2.31. The lowest BCUT2D eigenvalue weighted by Gasteiger charge is -2.09. The molecule has 0 N–H and O–H groups in total. The van der Waals surface area contributed by atoms with Crippen molar-refractivity contribution in [3.63, 3.8) is 0 Å². The highest BCUT2D eigenvalue weighted by Crippen LogP contribution is 2.18. The zero-order valence-corrected chi connectivity index (χ0v) is 12.8. The maximum absolute atomic E-state index is 11.9. The lowest BCUT2D eigenvalue weighted by Crippen LogP contribution is -2.15. The number of pyridine rings is 1. The average Bonchev–Trinajstić information content (AvgIpc) is 2.64. The standard InChI is InChI=1S/C19H14N2O3/c20-11-15-5-1-2-9-17(15)23-13-18(22)24-12-16-7-3-6-14-8-4-10-21-19(14)16/h1-10H,12-13H2. The Morgan fingerprint density at radius 3 is 2.79 bits per heavy atom. The van der Waals surface area contributed by atoms with E-state index in [1.807, 2.05) is 36.4 Å². The van der Waals surface area contributed by atoms with Crippen molar-refractivity contribution in [2.45, 2.75) is 6.61 Å². The summed E-state index contributed by atoms with van der Waals surface area (Å²) in [5.74, 6) is -0.139. The van der Waals surface area contributed by atoms with E-state index >= 15 is 0 Å². The summed E-state index contributed by atoms with van der Waals surface area (Å²) in [6, 6.07) is 18.3. The molecule has 0 aliphatic rings. The molecule has 24 heavy (non-hydrogen) atoms. The third kappa shape index (κ3) is 3.50. The van der Waals surface area contributed by atoms with Gasteiger partial charge in [0.15, 0.2) is 6.61 Å². The van der Waals surface area contributed by atoms with E-state index < -0.39 is 5.97 Å². The highest BCUT2D eigenvalue weighted by molar-refractivity contribution is 5.81. The first-order chi connectivity index (χ1) is 11.8. The van der Waals surface area contributed by atoms with Crippen molar-refractivity contribution >= 4 is 16.9 Å². The van der Waals surface area contributed by atoms with E-state index in [-0.39, 0.29) is 13.2 Å². The fourth-order valence-corrected chi connectivity index (χ4v) is 2.31. The second-order valence-electron chi connectivity index (χ2n) is 5.05. The number of benzene rings is 2. The van der Waals surface area contributed by atoms with E-state index in [0.717, 1.165) is 16.5 Å². The first kappa shape index (κ1) is 15.5. The zero-order valence-electron chi connectivity index (χ0n) is 12.8. The predicted molar refractivity (Wildman–Crippen MR) is 88.2 cm³/mol. The first-order valence-corrected chi connectivity index (χ1v) is 7.38. The average molecular weight is 318 g/mol. The summed E-state index contributed by atoms with van der Waals surface area (Å²) < 4.78 is 10.6. The molecule has 3 rings (SSSR count). The lowest BCUT2D eigenvalue weighted by atomic mass is 10.1. The van der Waals surface area contributed by atoms with Crippen molar-refractivity contribution in [3.05, 3.63) is 71.9 Å². The van der Waals surface area contributed by atoms with Gasteiger partial charge in [-0.1, -0.05) is 36.4 Å². The van der Waals surface area contributed by atoms with Gasteiger partial charge in [-0.2, -0.15) is 5.26 Å². The van der Waals surface area contributed by atoms with Gasteiger partial charge in [0, 0.05) is 17.1 Å². The van der Waals surface area contributed by atoms with E-state index in [1.54, 1.807) is 30.5 Å². The van der Waals surface area contributed by atoms with Crippen molar-refractivity contribution in [2.75, 3.05) is 6.61 Å². The maximum atomic E-state index is 11.9. The van der Waals surface area contributed by atoms with Gasteiger partial charge in [-0.05, 0) is 18.2 Å². The molecule has 1 aromatic heterocycles. The fraction of sp³-hybridized carbons (Fsp3) is 0.105. The van der Waals surface area contributed by atoms with E-state index in [1.165, 1.54) is 0 Å². The minimum absolute atomic E-state index is 0.121. The normalized spacial score (nSPS) is 10.1. The summed E-state index contributed by atoms with van der Waals surface area (Å²) in [5, 5.41) is 9.97. The molecule has 0 saturated heterocycles. The summed E-state index contributed by atoms with van der Waals surface area (Å²) in [6.45, 7) is -0.132. The molecule has 2 aromatic carbocycles. The van der Waals surface area contributed by atoms with Crippen LogP contribution in [0.5, 0.6) is 5.75 Å². The van der Waals surface area contributed by atoms with Crippen LogP contribution in [0, 0.1) is 11.3 Å².